The molecule has 0 aliphatic rings. The smallest absolute Gasteiger partial charge is 0.142 e. The minimum atomic E-state index is -0.350. The molecule has 3 rings (SSSR count). The Bertz CT molecular complexity index is 878. The fourth-order valence-corrected chi connectivity index (χ4v) is 2.30. The quantitative estimate of drug-likeness (QED) is 0.405. The minimum absolute atomic E-state index is 0.261. The first-order valence-electron chi connectivity index (χ1n) is 8.60. The van der Waals surface area contributed by atoms with Crippen LogP contribution in [0, 0.1) is 11.6 Å². The first-order valence-corrected chi connectivity index (χ1v) is 8.60. The van der Waals surface area contributed by atoms with Gasteiger partial charge in [-0.05, 0) is 23.3 Å². The SMILES string of the molecule is Fc1ccccc1/C=N\OCc1ccc(CO/N=C\c2ccccc2F)cc1. The zero-order valence-electron chi connectivity index (χ0n) is 15.0. The predicted molar refractivity (Wildman–Crippen MR) is 104 cm³/mol. The van der Waals surface area contributed by atoms with Crippen molar-refractivity contribution >= 4 is 12.4 Å². The van der Waals surface area contributed by atoms with Crippen LogP contribution < -0.4 is 0 Å². The number of rotatable bonds is 8. The molecule has 0 fully saturated rings. The zero-order valence-corrected chi connectivity index (χ0v) is 15.0. The topological polar surface area (TPSA) is 43.2 Å². The van der Waals surface area contributed by atoms with Crippen LogP contribution in [-0.4, -0.2) is 12.4 Å². The van der Waals surface area contributed by atoms with Crippen molar-refractivity contribution in [1.82, 2.24) is 0 Å². The molecule has 142 valence electrons. The molecule has 0 radical (unpaired) electrons. The lowest BCUT2D eigenvalue weighted by Gasteiger charge is -2.03. The molecule has 0 N–H and O–H groups in total. The first-order chi connectivity index (χ1) is 13.7. The van der Waals surface area contributed by atoms with Gasteiger partial charge in [0.15, 0.2) is 0 Å². The van der Waals surface area contributed by atoms with E-state index in [1.807, 2.05) is 24.3 Å². The van der Waals surface area contributed by atoms with E-state index in [9.17, 15) is 8.78 Å². The van der Waals surface area contributed by atoms with Gasteiger partial charge in [0.2, 0.25) is 0 Å². The average Bonchev–Trinajstić information content (AvgIpc) is 2.72. The lowest BCUT2D eigenvalue weighted by Crippen LogP contribution is -1.93. The first kappa shape index (κ1) is 19.2. The Morgan fingerprint density at radius 2 is 1.00 bits per heavy atom. The summed E-state index contributed by atoms with van der Waals surface area (Å²) >= 11 is 0. The third kappa shape index (κ3) is 5.74. The summed E-state index contributed by atoms with van der Waals surface area (Å²) in [4.78, 5) is 10.4. The molecule has 0 unspecified atom stereocenters. The molecule has 0 atom stereocenters. The van der Waals surface area contributed by atoms with E-state index in [1.54, 1.807) is 36.4 Å². The number of hydrogen-bond donors (Lipinski definition) is 0. The number of oxime groups is 2. The number of nitrogens with zero attached hydrogens (tertiary/aromatic N) is 2. The monoisotopic (exact) mass is 380 g/mol. The summed E-state index contributed by atoms with van der Waals surface area (Å²) in [6, 6.07) is 20.1. The third-order valence-electron chi connectivity index (χ3n) is 3.83. The van der Waals surface area contributed by atoms with Crippen LogP contribution in [0.5, 0.6) is 0 Å². The normalized spacial score (nSPS) is 11.2. The van der Waals surface area contributed by atoms with Crippen LogP contribution in [0.1, 0.15) is 22.3 Å². The van der Waals surface area contributed by atoms with Gasteiger partial charge in [0, 0.05) is 11.1 Å². The van der Waals surface area contributed by atoms with Crippen LogP contribution in [0.2, 0.25) is 0 Å². The average molecular weight is 380 g/mol. The van der Waals surface area contributed by atoms with E-state index in [2.05, 4.69) is 10.3 Å². The summed E-state index contributed by atoms with van der Waals surface area (Å²) in [5.74, 6) is -0.700. The maximum absolute atomic E-state index is 13.4. The summed E-state index contributed by atoms with van der Waals surface area (Å²) < 4.78 is 26.9. The van der Waals surface area contributed by atoms with Crippen molar-refractivity contribution in [2.24, 2.45) is 10.3 Å². The maximum atomic E-state index is 13.4. The largest absolute Gasteiger partial charge is 0.391 e. The highest BCUT2D eigenvalue weighted by atomic mass is 19.1. The zero-order chi connectivity index (χ0) is 19.6. The second kappa shape index (κ2) is 9.97. The van der Waals surface area contributed by atoms with Crippen LogP contribution in [0.25, 0.3) is 0 Å². The molecule has 28 heavy (non-hydrogen) atoms. The second-order valence-corrected chi connectivity index (χ2v) is 5.88. The molecule has 0 spiro atoms. The highest BCUT2D eigenvalue weighted by molar-refractivity contribution is 5.79. The Morgan fingerprint density at radius 1 is 0.607 bits per heavy atom. The third-order valence-corrected chi connectivity index (χ3v) is 3.83. The second-order valence-electron chi connectivity index (χ2n) is 5.88. The van der Waals surface area contributed by atoms with Crippen LogP contribution in [0.4, 0.5) is 8.78 Å². The molecule has 0 aromatic heterocycles. The molecule has 4 nitrogen and oxygen atoms in total. The van der Waals surface area contributed by atoms with Gasteiger partial charge < -0.3 is 9.68 Å². The highest BCUT2D eigenvalue weighted by Crippen LogP contribution is 2.09. The van der Waals surface area contributed by atoms with Crippen molar-refractivity contribution in [2.75, 3.05) is 0 Å². The molecular weight excluding hydrogens is 362 g/mol. The van der Waals surface area contributed by atoms with Crippen molar-refractivity contribution in [3.8, 4) is 0 Å². The molecule has 6 heteroatoms. The summed E-state index contributed by atoms with van der Waals surface area (Å²) in [5.41, 5.74) is 2.55. The Balaban J connectivity index is 1.43. The number of halogens is 2. The van der Waals surface area contributed by atoms with E-state index in [0.717, 1.165) is 11.1 Å². The van der Waals surface area contributed by atoms with Crippen molar-refractivity contribution in [1.29, 1.82) is 0 Å². The van der Waals surface area contributed by atoms with E-state index in [4.69, 9.17) is 9.68 Å². The molecule has 0 amide bonds. The van der Waals surface area contributed by atoms with Crippen LogP contribution in [0.15, 0.2) is 83.1 Å². The van der Waals surface area contributed by atoms with Crippen molar-refractivity contribution in [3.05, 3.63) is 107 Å². The van der Waals surface area contributed by atoms with E-state index in [-0.39, 0.29) is 24.8 Å². The molecule has 0 bridgehead atoms. The standard InChI is InChI=1S/C22H18F2N2O2/c23-21-7-3-1-5-19(21)13-25-27-15-17-9-11-18(12-10-17)16-28-26-14-20-6-2-4-8-22(20)24/h1-14H,15-16H2/b25-13-,26-14-. The van der Waals surface area contributed by atoms with Crippen molar-refractivity contribution in [3.63, 3.8) is 0 Å². The Labute approximate surface area is 161 Å². The lowest BCUT2D eigenvalue weighted by molar-refractivity contribution is 0.130. The van der Waals surface area contributed by atoms with Gasteiger partial charge in [-0.3, -0.25) is 0 Å². The fraction of sp³-hybridized carbons (Fsp3) is 0.0909. The maximum Gasteiger partial charge on any atom is 0.142 e. The molecule has 0 aliphatic carbocycles. The minimum Gasteiger partial charge on any atom is -0.391 e. The van der Waals surface area contributed by atoms with Gasteiger partial charge in [0.05, 0.1) is 12.4 Å². The van der Waals surface area contributed by atoms with E-state index in [1.165, 1.54) is 24.6 Å². The van der Waals surface area contributed by atoms with E-state index < -0.39 is 0 Å². The van der Waals surface area contributed by atoms with E-state index >= 15 is 0 Å². The summed E-state index contributed by atoms with van der Waals surface area (Å²) in [5, 5.41) is 7.55. The molecule has 3 aromatic carbocycles. The summed E-state index contributed by atoms with van der Waals surface area (Å²) in [7, 11) is 0. The Kier molecular flexibility index (Phi) is 6.84. The number of benzene rings is 3. The van der Waals surface area contributed by atoms with Gasteiger partial charge in [-0.15, -0.1) is 0 Å². The van der Waals surface area contributed by atoms with E-state index in [0.29, 0.717) is 11.1 Å². The van der Waals surface area contributed by atoms with Crippen molar-refractivity contribution < 1.29 is 18.5 Å². The summed E-state index contributed by atoms with van der Waals surface area (Å²) in [6.45, 7) is 0.523. The van der Waals surface area contributed by atoms with Crippen LogP contribution >= 0.6 is 0 Å². The Morgan fingerprint density at radius 3 is 1.39 bits per heavy atom. The Hall–Kier alpha value is -3.54. The predicted octanol–water partition coefficient (Wildman–Crippen LogP) is 5.07. The van der Waals surface area contributed by atoms with Gasteiger partial charge in [-0.1, -0.05) is 71.0 Å². The molecular formula is C22H18F2N2O2. The molecule has 0 heterocycles. The molecule has 3 aromatic rings. The summed E-state index contributed by atoms with van der Waals surface area (Å²) in [6.07, 6.45) is 2.68. The van der Waals surface area contributed by atoms with Gasteiger partial charge in [-0.2, -0.15) is 0 Å². The molecule has 0 saturated carbocycles. The molecule has 0 saturated heterocycles. The van der Waals surface area contributed by atoms with Crippen LogP contribution in [0.3, 0.4) is 0 Å². The molecule has 0 aliphatic heterocycles. The van der Waals surface area contributed by atoms with Gasteiger partial charge >= 0.3 is 0 Å². The van der Waals surface area contributed by atoms with Crippen LogP contribution in [-0.2, 0) is 22.9 Å². The van der Waals surface area contributed by atoms with Crippen molar-refractivity contribution in [2.45, 2.75) is 13.2 Å². The highest BCUT2D eigenvalue weighted by Gasteiger charge is 1.99. The lowest BCUT2D eigenvalue weighted by atomic mass is 10.1. The van der Waals surface area contributed by atoms with Gasteiger partial charge in [0.25, 0.3) is 0 Å². The number of hydrogen-bond acceptors (Lipinski definition) is 4. The fourth-order valence-electron chi connectivity index (χ4n) is 2.30. The van der Waals surface area contributed by atoms with Gasteiger partial charge in [-0.25, -0.2) is 8.78 Å². The van der Waals surface area contributed by atoms with Gasteiger partial charge in [0.1, 0.15) is 24.8 Å².